The van der Waals surface area contributed by atoms with Crippen molar-refractivity contribution in [3.8, 4) is 63.5 Å². The number of anilines is 3. The van der Waals surface area contributed by atoms with Gasteiger partial charge in [-0.25, -0.2) is 0 Å². The van der Waals surface area contributed by atoms with Gasteiger partial charge in [-0.1, -0.05) is 72.8 Å². The van der Waals surface area contributed by atoms with Gasteiger partial charge < -0.3 is 19.1 Å². The van der Waals surface area contributed by atoms with Gasteiger partial charge in [0, 0.05) is 13.8 Å². The van der Waals surface area contributed by atoms with E-state index in [0.717, 1.165) is 22.3 Å². The average Bonchev–Trinajstić information content (AvgIpc) is 3.37. The van der Waals surface area contributed by atoms with E-state index in [2.05, 4.69) is 18.2 Å². The van der Waals surface area contributed by atoms with Crippen LogP contribution >= 0.6 is 0 Å². The molecule has 5 aromatic carbocycles. The normalized spacial score (nSPS) is 13.5. The van der Waals surface area contributed by atoms with Crippen molar-refractivity contribution in [2.75, 3.05) is 4.90 Å². The van der Waals surface area contributed by atoms with Gasteiger partial charge in [0.15, 0.2) is 23.0 Å². The smallest absolute Gasteiger partial charge is 0.246 e. The molecule has 5 aromatic rings. The third-order valence-corrected chi connectivity index (χ3v) is 7.47. The lowest BCUT2D eigenvalue weighted by Crippen LogP contribution is -2.30. The van der Waals surface area contributed by atoms with E-state index in [4.69, 9.17) is 14.2 Å². The molecule has 43 heavy (non-hydrogen) atoms. The van der Waals surface area contributed by atoms with Gasteiger partial charge in [0.2, 0.25) is 5.79 Å². The van der Waals surface area contributed by atoms with Crippen LogP contribution in [0.5, 0.6) is 23.0 Å². The Kier molecular flexibility index (Phi) is 5.80. The third kappa shape index (κ3) is 4.10. The number of hydrogen-bond donors (Lipinski definition) is 0. The molecule has 2 aliphatic heterocycles. The van der Waals surface area contributed by atoms with Crippen molar-refractivity contribution >= 4 is 17.1 Å². The second-order valence-electron chi connectivity index (χ2n) is 10.6. The first kappa shape index (κ1) is 25.7. The summed E-state index contributed by atoms with van der Waals surface area (Å²) in [5, 5.41) is 31.2. The van der Waals surface area contributed by atoms with Crippen molar-refractivity contribution in [2.45, 2.75) is 19.6 Å². The molecular weight excluding hydrogens is 536 g/mol. The Bertz CT molecular complexity index is 1980. The molecule has 204 valence electrons. The highest BCUT2D eigenvalue weighted by molar-refractivity contribution is 5.95. The second-order valence-corrected chi connectivity index (χ2v) is 10.6. The highest BCUT2D eigenvalue weighted by atomic mass is 16.7. The first-order valence-electron chi connectivity index (χ1n) is 13.6. The van der Waals surface area contributed by atoms with Gasteiger partial charge in [-0.3, -0.25) is 0 Å². The number of fused-ring (bicyclic) bond motifs is 3. The Labute approximate surface area is 248 Å². The Morgan fingerprint density at radius 2 is 1.02 bits per heavy atom. The maximum atomic E-state index is 10.5. The summed E-state index contributed by atoms with van der Waals surface area (Å²) in [4.78, 5) is 1.81. The predicted octanol–water partition coefficient (Wildman–Crippen LogP) is 8.72. The zero-order chi connectivity index (χ0) is 29.7. The molecule has 0 saturated heterocycles. The molecule has 0 spiro atoms. The van der Waals surface area contributed by atoms with Gasteiger partial charge in [0.1, 0.15) is 29.3 Å². The molecule has 2 heterocycles. The van der Waals surface area contributed by atoms with Crippen LogP contribution in [-0.4, -0.2) is 5.79 Å². The highest BCUT2D eigenvalue weighted by Gasteiger charge is 2.42. The van der Waals surface area contributed by atoms with E-state index < -0.39 is 5.79 Å². The lowest BCUT2D eigenvalue weighted by atomic mass is 9.96. The lowest BCUT2D eigenvalue weighted by Gasteiger charge is -2.34. The van der Waals surface area contributed by atoms with Crippen LogP contribution in [0.4, 0.5) is 17.1 Å². The minimum Gasteiger partial charge on any atom is -0.453 e. The van der Waals surface area contributed by atoms with Crippen molar-refractivity contribution in [3.05, 3.63) is 114 Å². The number of ether oxygens (including phenoxy) is 3. The minimum absolute atomic E-state index is 0.00785. The van der Waals surface area contributed by atoms with E-state index in [-0.39, 0.29) is 33.9 Å². The van der Waals surface area contributed by atoms with E-state index in [9.17, 15) is 15.8 Å². The van der Waals surface area contributed by atoms with E-state index in [1.807, 2.05) is 102 Å². The van der Waals surface area contributed by atoms with Crippen LogP contribution in [0.25, 0.3) is 22.3 Å². The molecule has 0 atom stereocenters. The highest BCUT2D eigenvalue weighted by Crippen LogP contribution is 2.57. The maximum absolute atomic E-state index is 10.5. The van der Waals surface area contributed by atoms with E-state index in [0.29, 0.717) is 22.9 Å². The van der Waals surface area contributed by atoms with Crippen LogP contribution in [0.15, 0.2) is 97.1 Å². The fraction of sp³-hybridized carbons (Fsp3) is 0.0833. The van der Waals surface area contributed by atoms with Gasteiger partial charge in [-0.05, 0) is 46.5 Å². The van der Waals surface area contributed by atoms with Gasteiger partial charge >= 0.3 is 0 Å². The topological polar surface area (TPSA) is 102 Å². The lowest BCUT2D eigenvalue weighted by molar-refractivity contribution is -0.0433. The zero-order valence-corrected chi connectivity index (χ0v) is 23.3. The van der Waals surface area contributed by atoms with Crippen LogP contribution in [0, 0.1) is 34.0 Å². The Hall–Kier alpha value is -6.23. The van der Waals surface area contributed by atoms with Crippen molar-refractivity contribution in [1.29, 1.82) is 15.8 Å². The Morgan fingerprint density at radius 1 is 0.558 bits per heavy atom. The zero-order valence-electron chi connectivity index (χ0n) is 23.3. The molecule has 0 bridgehead atoms. The van der Waals surface area contributed by atoms with Crippen LogP contribution < -0.4 is 19.1 Å². The summed E-state index contributed by atoms with van der Waals surface area (Å²) in [6.45, 7) is 3.38. The van der Waals surface area contributed by atoms with Gasteiger partial charge in [-0.2, -0.15) is 15.8 Å². The summed E-state index contributed by atoms with van der Waals surface area (Å²) in [6.07, 6.45) is 0. The van der Waals surface area contributed by atoms with Crippen LogP contribution in [0.1, 0.15) is 30.5 Å². The van der Waals surface area contributed by atoms with E-state index >= 15 is 0 Å². The SMILES string of the molecule is CC1(C)Oc2c(C#N)c(C#N)c(N3c4ccc(-c5ccccc5)cc4Oc4cc(-c5ccccc5)ccc43)c(C#N)c2O1. The summed E-state index contributed by atoms with van der Waals surface area (Å²) in [6, 6.07) is 38.0. The van der Waals surface area contributed by atoms with Crippen molar-refractivity contribution in [3.63, 3.8) is 0 Å². The molecule has 2 aliphatic rings. The quantitative estimate of drug-likeness (QED) is 0.214. The van der Waals surface area contributed by atoms with Crippen molar-refractivity contribution in [2.24, 2.45) is 0 Å². The first-order chi connectivity index (χ1) is 20.9. The summed E-state index contributed by atoms with van der Waals surface area (Å²) in [7, 11) is 0. The number of nitrogens with zero attached hydrogens (tertiary/aromatic N) is 4. The van der Waals surface area contributed by atoms with E-state index in [1.165, 1.54) is 0 Å². The average molecular weight is 559 g/mol. The third-order valence-electron chi connectivity index (χ3n) is 7.47. The molecule has 7 rings (SSSR count). The van der Waals surface area contributed by atoms with Gasteiger partial charge in [0.05, 0.1) is 22.6 Å². The molecule has 7 heteroatoms. The van der Waals surface area contributed by atoms with Crippen molar-refractivity contribution < 1.29 is 14.2 Å². The summed E-state index contributed by atoms with van der Waals surface area (Å²) >= 11 is 0. The molecular formula is C36H22N4O3. The van der Waals surface area contributed by atoms with E-state index in [1.54, 1.807) is 13.8 Å². The number of rotatable bonds is 3. The fourth-order valence-corrected chi connectivity index (χ4v) is 5.61. The molecule has 0 radical (unpaired) electrons. The Morgan fingerprint density at radius 3 is 1.49 bits per heavy atom. The van der Waals surface area contributed by atoms with Gasteiger partial charge in [0.25, 0.3) is 0 Å². The van der Waals surface area contributed by atoms with Crippen LogP contribution in [0.3, 0.4) is 0 Å². The molecule has 0 N–H and O–H groups in total. The summed E-state index contributed by atoms with van der Waals surface area (Å²) in [5.41, 5.74) is 5.45. The van der Waals surface area contributed by atoms with Crippen LogP contribution in [0.2, 0.25) is 0 Å². The number of nitriles is 3. The molecule has 0 amide bonds. The second kappa shape index (κ2) is 9.70. The van der Waals surface area contributed by atoms with Crippen LogP contribution in [-0.2, 0) is 0 Å². The summed E-state index contributed by atoms with van der Waals surface area (Å²) < 4.78 is 18.5. The molecule has 7 nitrogen and oxygen atoms in total. The largest absolute Gasteiger partial charge is 0.453 e. The molecule has 0 saturated carbocycles. The predicted molar refractivity (Wildman–Crippen MR) is 162 cm³/mol. The van der Waals surface area contributed by atoms with Crippen molar-refractivity contribution in [1.82, 2.24) is 0 Å². The Balaban J connectivity index is 1.52. The molecule has 0 aliphatic carbocycles. The number of benzene rings is 5. The maximum Gasteiger partial charge on any atom is 0.246 e. The molecule has 0 unspecified atom stereocenters. The monoisotopic (exact) mass is 558 g/mol. The first-order valence-corrected chi connectivity index (χ1v) is 13.6. The molecule has 0 fully saturated rings. The molecule has 0 aromatic heterocycles. The van der Waals surface area contributed by atoms with Gasteiger partial charge in [-0.15, -0.1) is 0 Å². The number of hydrogen-bond acceptors (Lipinski definition) is 7. The fourth-order valence-electron chi connectivity index (χ4n) is 5.61. The summed E-state index contributed by atoms with van der Waals surface area (Å²) in [5.74, 6) is 0.166. The standard InChI is InChI=1S/C36H22N4O3/c1-36(2)42-34-27(20-38)26(19-37)33(28(21-39)35(34)43-36)40-29-15-13-24(22-9-5-3-6-10-22)17-31(29)41-32-18-25(14-16-30(32)40)23-11-7-4-8-12-23/h3-18H,1-2H3. The minimum atomic E-state index is -1.12.